The fourth-order valence-electron chi connectivity index (χ4n) is 1.93. The van der Waals surface area contributed by atoms with Gasteiger partial charge in [0.05, 0.1) is 12.0 Å². The van der Waals surface area contributed by atoms with Gasteiger partial charge in [-0.2, -0.15) is 13.2 Å². The van der Waals surface area contributed by atoms with Gasteiger partial charge in [-0.3, -0.25) is 4.79 Å². The Morgan fingerprint density at radius 1 is 1.24 bits per heavy atom. The zero-order chi connectivity index (χ0) is 12.6. The molecule has 0 amide bonds. The van der Waals surface area contributed by atoms with E-state index in [1.165, 1.54) is 12.1 Å². The van der Waals surface area contributed by atoms with Gasteiger partial charge in [-0.15, -0.1) is 0 Å². The molecule has 1 aliphatic heterocycles. The van der Waals surface area contributed by atoms with E-state index in [9.17, 15) is 18.0 Å². The maximum Gasteiger partial charge on any atom is 0.416 e. The predicted octanol–water partition coefficient (Wildman–Crippen LogP) is 3.33. The molecule has 0 spiro atoms. The van der Waals surface area contributed by atoms with Gasteiger partial charge in [0, 0.05) is 5.92 Å². The van der Waals surface area contributed by atoms with E-state index < -0.39 is 17.8 Å². The van der Waals surface area contributed by atoms with Crippen molar-refractivity contribution >= 4 is 5.97 Å². The van der Waals surface area contributed by atoms with Crippen molar-refractivity contribution < 1.29 is 22.7 Å². The second-order valence-corrected chi connectivity index (χ2v) is 4.21. The van der Waals surface area contributed by atoms with Crippen LogP contribution in [0.2, 0.25) is 0 Å². The second-order valence-electron chi connectivity index (χ2n) is 4.21. The predicted molar refractivity (Wildman–Crippen MR) is 54.1 cm³/mol. The SMILES string of the molecule is C[C@@H]1CC(=O)O[C@H]1c1ccc(C(F)(F)F)cc1. The Bertz CT molecular complexity index is 422. The second kappa shape index (κ2) is 4.05. The molecule has 2 atom stereocenters. The van der Waals surface area contributed by atoms with Crippen molar-refractivity contribution in [2.75, 3.05) is 0 Å². The number of carbonyl (C=O) groups is 1. The van der Waals surface area contributed by atoms with E-state index in [2.05, 4.69) is 0 Å². The first kappa shape index (κ1) is 12.0. The van der Waals surface area contributed by atoms with Crippen LogP contribution in [-0.2, 0) is 15.7 Å². The summed E-state index contributed by atoms with van der Waals surface area (Å²) in [5, 5.41) is 0. The highest BCUT2D eigenvalue weighted by atomic mass is 19.4. The van der Waals surface area contributed by atoms with Crippen LogP contribution in [0.1, 0.15) is 30.6 Å². The largest absolute Gasteiger partial charge is 0.457 e. The van der Waals surface area contributed by atoms with Gasteiger partial charge >= 0.3 is 12.1 Å². The van der Waals surface area contributed by atoms with Crippen molar-refractivity contribution in [3.63, 3.8) is 0 Å². The monoisotopic (exact) mass is 244 g/mol. The molecule has 1 fully saturated rings. The van der Waals surface area contributed by atoms with Crippen LogP contribution in [0, 0.1) is 5.92 Å². The lowest BCUT2D eigenvalue weighted by Crippen LogP contribution is -2.07. The number of ether oxygens (including phenoxy) is 1. The van der Waals surface area contributed by atoms with Crippen molar-refractivity contribution in [3.05, 3.63) is 35.4 Å². The molecular weight excluding hydrogens is 233 g/mol. The molecule has 1 saturated heterocycles. The molecule has 1 aromatic carbocycles. The van der Waals surface area contributed by atoms with Gasteiger partial charge < -0.3 is 4.74 Å². The zero-order valence-electron chi connectivity index (χ0n) is 9.12. The molecule has 1 aromatic rings. The number of cyclic esters (lactones) is 1. The van der Waals surface area contributed by atoms with Crippen molar-refractivity contribution in [2.45, 2.75) is 25.6 Å². The molecule has 0 saturated carbocycles. The number of esters is 1. The minimum absolute atomic E-state index is 0.000707. The van der Waals surface area contributed by atoms with Crippen LogP contribution in [0.5, 0.6) is 0 Å². The first-order valence-electron chi connectivity index (χ1n) is 5.24. The maximum atomic E-state index is 12.4. The van der Waals surface area contributed by atoms with Crippen LogP contribution in [0.4, 0.5) is 13.2 Å². The third-order valence-corrected chi connectivity index (χ3v) is 2.83. The normalized spacial score (nSPS) is 24.8. The van der Waals surface area contributed by atoms with Crippen molar-refractivity contribution in [3.8, 4) is 0 Å². The van der Waals surface area contributed by atoms with Crippen molar-refractivity contribution in [1.82, 2.24) is 0 Å². The van der Waals surface area contributed by atoms with E-state index in [1.54, 1.807) is 0 Å². The van der Waals surface area contributed by atoms with Crippen LogP contribution in [0.3, 0.4) is 0 Å². The van der Waals surface area contributed by atoms with E-state index in [-0.39, 0.29) is 11.9 Å². The number of halogens is 3. The smallest absolute Gasteiger partial charge is 0.416 e. The molecule has 92 valence electrons. The van der Waals surface area contributed by atoms with E-state index in [0.29, 0.717) is 12.0 Å². The molecule has 0 aliphatic carbocycles. The van der Waals surface area contributed by atoms with E-state index in [0.717, 1.165) is 12.1 Å². The summed E-state index contributed by atoms with van der Waals surface area (Å²) in [7, 11) is 0. The Kier molecular flexibility index (Phi) is 2.85. The highest BCUT2D eigenvalue weighted by Crippen LogP contribution is 2.36. The number of benzene rings is 1. The van der Waals surface area contributed by atoms with Gasteiger partial charge in [0.25, 0.3) is 0 Å². The molecule has 2 nitrogen and oxygen atoms in total. The third kappa shape index (κ3) is 2.43. The standard InChI is InChI=1S/C12H11F3O2/c1-7-6-10(16)17-11(7)8-2-4-9(5-3-8)12(13,14)15/h2-5,7,11H,6H2,1H3/t7-,11-/m1/s1. The lowest BCUT2D eigenvalue weighted by molar-refractivity contribution is -0.142. The quantitative estimate of drug-likeness (QED) is 0.708. The fourth-order valence-corrected chi connectivity index (χ4v) is 1.93. The third-order valence-electron chi connectivity index (χ3n) is 2.83. The summed E-state index contributed by atoms with van der Waals surface area (Å²) in [6, 6.07) is 4.74. The Hall–Kier alpha value is -1.52. The van der Waals surface area contributed by atoms with Gasteiger partial charge in [-0.1, -0.05) is 19.1 Å². The molecule has 17 heavy (non-hydrogen) atoms. The average Bonchev–Trinajstić information content (AvgIpc) is 2.57. The Morgan fingerprint density at radius 3 is 2.24 bits per heavy atom. The summed E-state index contributed by atoms with van der Waals surface area (Å²) in [5.74, 6) is -0.304. The van der Waals surface area contributed by atoms with Crippen molar-refractivity contribution in [2.24, 2.45) is 5.92 Å². The molecule has 0 aromatic heterocycles. The van der Waals surface area contributed by atoms with Gasteiger partial charge in [0.1, 0.15) is 6.10 Å². The molecular formula is C12H11F3O2. The summed E-state index contributed by atoms with van der Waals surface area (Å²) in [5.41, 5.74) is -0.0884. The summed E-state index contributed by atoms with van der Waals surface area (Å²) in [6.45, 7) is 1.84. The number of rotatable bonds is 1. The lowest BCUT2D eigenvalue weighted by atomic mass is 9.96. The molecule has 1 heterocycles. The Morgan fingerprint density at radius 2 is 1.82 bits per heavy atom. The van der Waals surface area contributed by atoms with Gasteiger partial charge in [-0.25, -0.2) is 0 Å². The van der Waals surface area contributed by atoms with Crippen LogP contribution < -0.4 is 0 Å². The minimum Gasteiger partial charge on any atom is -0.457 e. The summed E-state index contributed by atoms with van der Waals surface area (Å²) in [4.78, 5) is 11.1. The minimum atomic E-state index is -4.34. The Balaban J connectivity index is 2.21. The highest BCUT2D eigenvalue weighted by Gasteiger charge is 2.34. The molecule has 1 aliphatic rings. The van der Waals surface area contributed by atoms with Gasteiger partial charge in [0.15, 0.2) is 0 Å². The number of hydrogen-bond acceptors (Lipinski definition) is 2. The van der Waals surface area contributed by atoms with Gasteiger partial charge in [0.2, 0.25) is 0 Å². The van der Waals surface area contributed by atoms with E-state index >= 15 is 0 Å². The van der Waals surface area contributed by atoms with Crippen LogP contribution in [0.15, 0.2) is 24.3 Å². The van der Waals surface area contributed by atoms with E-state index in [4.69, 9.17) is 4.74 Å². The van der Waals surface area contributed by atoms with Crippen LogP contribution >= 0.6 is 0 Å². The molecule has 0 unspecified atom stereocenters. The van der Waals surface area contributed by atoms with E-state index in [1.807, 2.05) is 6.92 Å². The summed E-state index contributed by atoms with van der Waals surface area (Å²) >= 11 is 0. The van der Waals surface area contributed by atoms with Crippen LogP contribution in [-0.4, -0.2) is 5.97 Å². The summed E-state index contributed by atoms with van der Waals surface area (Å²) in [6.07, 6.45) is -4.45. The number of alkyl halides is 3. The molecule has 0 radical (unpaired) electrons. The Labute approximate surface area is 96.4 Å². The zero-order valence-corrected chi connectivity index (χ0v) is 9.12. The highest BCUT2D eigenvalue weighted by molar-refractivity contribution is 5.72. The number of carbonyl (C=O) groups excluding carboxylic acids is 1. The van der Waals surface area contributed by atoms with Crippen molar-refractivity contribution in [1.29, 1.82) is 0 Å². The molecule has 0 N–H and O–H groups in total. The lowest BCUT2D eigenvalue weighted by Gasteiger charge is -2.15. The fraction of sp³-hybridized carbons (Fsp3) is 0.417. The first-order chi connectivity index (χ1) is 7.88. The molecule has 0 bridgehead atoms. The average molecular weight is 244 g/mol. The van der Waals surface area contributed by atoms with Gasteiger partial charge in [-0.05, 0) is 17.7 Å². The first-order valence-corrected chi connectivity index (χ1v) is 5.24. The van der Waals surface area contributed by atoms with Crippen LogP contribution in [0.25, 0.3) is 0 Å². The molecule has 2 rings (SSSR count). The molecule has 5 heteroatoms. The maximum absolute atomic E-state index is 12.4. The number of hydrogen-bond donors (Lipinski definition) is 0. The topological polar surface area (TPSA) is 26.3 Å². The summed E-state index contributed by atoms with van der Waals surface area (Å²) < 4.78 is 42.1.